The van der Waals surface area contributed by atoms with Crippen LogP contribution in [0.2, 0.25) is 0 Å². The number of aromatic nitrogens is 1. The number of rotatable bonds is 6. The third kappa shape index (κ3) is 4.36. The number of aliphatic hydroxyl groups excluding tert-OH is 1. The van der Waals surface area contributed by atoms with E-state index in [4.69, 9.17) is 9.47 Å². The summed E-state index contributed by atoms with van der Waals surface area (Å²) >= 11 is 0. The number of carbonyl (C=O) groups excluding carboxylic acids is 1. The molecule has 1 aliphatic heterocycles. The number of methoxy groups -OCH3 is 2. The fourth-order valence-electron chi connectivity index (χ4n) is 3.92. The van der Waals surface area contributed by atoms with E-state index in [2.05, 4.69) is 4.90 Å². The average Bonchev–Trinajstić information content (AvgIpc) is 3.28. The van der Waals surface area contributed by atoms with Crippen LogP contribution in [0.5, 0.6) is 11.5 Å². The molecule has 0 radical (unpaired) electrons. The van der Waals surface area contributed by atoms with Gasteiger partial charge >= 0.3 is 0 Å². The molecule has 4 rings (SSSR count). The first kappa shape index (κ1) is 20.8. The third-order valence-corrected chi connectivity index (χ3v) is 5.63. The van der Waals surface area contributed by atoms with Crippen molar-refractivity contribution in [3.63, 3.8) is 0 Å². The van der Waals surface area contributed by atoms with E-state index < -0.39 is 0 Å². The molecule has 7 nitrogen and oxygen atoms in total. The lowest BCUT2D eigenvalue weighted by Gasteiger charge is -2.36. The zero-order valence-electron chi connectivity index (χ0n) is 17.8. The number of piperazine rings is 1. The van der Waals surface area contributed by atoms with Gasteiger partial charge in [0.25, 0.3) is 5.91 Å². The van der Waals surface area contributed by atoms with E-state index in [0.29, 0.717) is 31.7 Å². The number of hydrogen-bond acceptors (Lipinski definition) is 5. The minimum Gasteiger partial charge on any atom is -0.497 e. The monoisotopic (exact) mass is 421 g/mol. The van der Waals surface area contributed by atoms with Gasteiger partial charge in [0.15, 0.2) is 0 Å². The molecule has 0 aliphatic carbocycles. The molecule has 3 aromatic rings. The summed E-state index contributed by atoms with van der Waals surface area (Å²) in [6, 6.07) is 15.6. The topological polar surface area (TPSA) is 67.2 Å². The maximum atomic E-state index is 13.3. The lowest BCUT2D eigenvalue weighted by Crippen LogP contribution is -2.48. The molecule has 1 aliphatic rings. The number of hydrogen-bond donors (Lipinski definition) is 1. The van der Waals surface area contributed by atoms with Crippen LogP contribution in [-0.2, 0) is 6.73 Å². The van der Waals surface area contributed by atoms with Crippen molar-refractivity contribution < 1.29 is 19.4 Å². The Labute approximate surface area is 182 Å². The van der Waals surface area contributed by atoms with Gasteiger partial charge < -0.3 is 28.9 Å². The Morgan fingerprint density at radius 1 is 0.935 bits per heavy atom. The maximum Gasteiger partial charge on any atom is 0.256 e. The number of carbonyl (C=O) groups is 1. The van der Waals surface area contributed by atoms with Crippen molar-refractivity contribution in [1.29, 1.82) is 0 Å². The Balaban J connectivity index is 1.51. The van der Waals surface area contributed by atoms with Crippen molar-refractivity contribution in [1.82, 2.24) is 9.47 Å². The second kappa shape index (κ2) is 9.14. The predicted molar refractivity (Wildman–Crippen MR) is 120 cm³/mol. The van der Waals surface area contributed by atoms with Crippen LogP contribution in [-0.4, -0.2) is 60.9 Å². The molecule has 2 heterocycles. The largest absolute Gasteiger partial charge is 0.497 e. The van der Waals surface area contributed by atoms with Gasteiger partial charge in [0.2, 0.25) is 0 Å². The lowest BCUT2D eigenvalue weighted by molar-refractivity contribution is 0.0747. The molecule has 1 aromatic heterocycles. The Hall–Kier alpha value is -3.45. The average molecular weight is 421 g/mol. The van der Waals surface area contributed by atoms with Crippen LogP contribution in [0.3, 0.4) is 0 Å². The number of nitrogens with zero attached hydrogens (tertiary/aromatic N) is 3. The van der Waals surface area contributed by atoms with Crippen LogP contribution >= 0.6 is 0 Å². The second-order valence-corrected chi connectivity index (χ2v) is 7.46. The summed E-state index contributed by atoms with van der Waals surface area (Å²) in [5, 5.41) is 9.57. The van der Waals surface area contributed by atoms with Gasteiger partial charge in [0, 0.05) is 68.0 Å². The molecule has 0 atom stereocenters. The number of aliphatic hydroxyl groups is 1. The molecule has 1 N–H and O–H groups in total. The number of benzene rings is 2. The first-order valence-corrected chi connectivity index (χ1v) is 10.3. The molecule has 2 aromatic carbocycles. The first-order valence-electron chi connectivity index (χ1n) is 10.3. The normalized spacial score (nSPS) is 13.9. The molecule has 162 valence electrons. The number of amides is 1. The fraction of sp³-hybridized carbons (Fsp3) is 0.292. The van der Waals surface area contributed by atoms with Crippen LogP contribution in [0, 0.1) is 0 Å². The smallest absolute Gasteiger partial charge is 0.256 e. The van der Waals surface area contributed by atoms with E-state index in [-0.39, 0.29) is 12.6 Å². The van der Waals surface area contributed by atoms with E-state index >= 15 is 0 Å². The van der Waals surface area contributed by atoms with Crippen molar-refractivity contribution in [2.24, 2.45) is 0 Å². The summed E-state index contributed by atoms with van der Waals surface area (Å²) in [5.41, 5.74) is 3.41. The Kier molecular flexibility index (Phi) is 6.13. The van der Waals surface area contributed by atoms with Gasteiger partial charge in [0.05, 0.1) is 19.8 Å². The SMILES string of the molecule is COc1cc(OC)cc(N2CCN(C(=O)c3cn(CO)cc3-c3ccccc3)CC2)c1. The summed E-state index contributed by atoms with van der Waals surface area (Å²) in [5.74, 6) is 1.46. The van der Waals surface area contributed by atoms with Gasteiger partial charge in [-0.05, 0) is 5.56 Å². The minimum atomic E-state index is -0.168. The van der Waals surface area contributed by atoms with Crippen molar-refractivity contribution in [2.75, 3.05) is 45.3 Å². The molecule has 0 spiro atoms. The Morgan fingerprint density at radius 3 is 2.16 bits per heavy atom. The summed E-state index contributed by atoms with van der Waals surface area (Å²) in [6.07, 6.45) is 3.55. The summed E-state index contributed by atoms with van der Waals surface area (Å²) in [4.78, 5) is 17.4. The zero-order chi connectivity index (χ0) is 21.8. The lowest BCUT2D eigenvalue weighted by atomic mass is 10.0. The molecular formula is C24H27N3O4. The van der Waals surface area contributed by atoms with Crippen LogP contribution in [0.4, 0.5) is 5.69 Å². The maximum absolute atomic E-state index is 13.3. The van der Waals surface area contributed by atoms with E-state index in [9.17, 15) is 9.90 Å². The van der Waals surface area contributed by atoms with Crippen LogP contribution in [0.15, 0.2) is 60.9 Å². The molecule has 1 saturated heterocycles. The molecule has 1 fully saturated rings. The Morgan fingerprint density at radius 2 is 1.58 bits per heavy atom. The molecule has 7 heteroatoms. The number of ether oxygens (including phenoxy) is 2. The standard InChI is InChI=1S/C24H27N3O4/c1-30-20-12-19(13-21(14-20)31-2)26-8-10-27(11-9-26)24(29)23-16-25(17-28)15-22(23)18-6-4-3-5-7-18/h3-7,12-16,28H,8-11,17H2,1-2H3. The quantitative estimate of drug-likeness (QED) is 0.663. The van der Waals surface area contributed by atoms with Gasteiger partial charge in [-0.2, -0.15) is 0 Å². The van der Waals surface area contributed by atoms with Crippen LogP contribution < -0.4 is 14.4 Å². The summed E-state index contributed by atoms with van der Waals surface area (Å²) in [6.45, 7) is 2.47. The van der Waals surface area contributed by atoms with Gasteiger partial charge in [0.1, 0.15) is 18.2 Å². The third-order valence-electron chi connectivity index (χ3n) is 5.63. The minimum absolute atomic E-state index is 0.0195. The molecule has 1 amide bonds. The highest BCUT2D eigenvalue weighted by atomic mass is 16.5. The summed E-state index contributed by atoms with van der Waals surface area (Å²) < 4.78 is 12.4. The van der Waals surface area contributed by atoms with Crippen molar-refractivity contribution >= 4 is 11.6 Å². The number of anilines is 1. The fourth-order valence-corrected chi connectivity index (χ4v) is 3.92. The van der Waals surface area contributed by atoms with Gasteiger partial charge in [-0.25, -0.2) is 0 Å². The predicted octanol–water partition coefficient (Wildman–Crippen LogP) is 3.08. The van der Waals surface area contributed by atoms with E-state index in [0.717, 1.165) is 28.3 Å². The van der Waals surface area contributed by atoms with Gasteiger partial charge in [-0.3, -0.25) is 4.79 Å². The van der Waals surface area contributed by atoms with Gasteiger partial charge in [-0.15, -0.1) is 0 Å². The van der Waals surface area contributed by atoms with Crippen molar-refractivity contribution in [3.8, 4) is 22.6 Å². The molecule has 31 heavy (non-hydrogen) atoms. The summed E-state index contributed by atoms with van der Waals surface area (Å²) in [7, 11) is 3.27. The molecular weight excluding hydrogens is 394 g/mol. The van der Waals surface area contributed by atoms with E-state index in [1.54, 1.807) is 25.0 Å². The molecule has 0 saturated carbocycles. The zero-order valence-corrected chi connectivity index (χ0v) is 17.8. The molecule has 0 unspecified atom stereocenters. The van der Waals surface area contributed by atoms with Crippen LogP contribution in [0.25, 0.3) is 11.1 Å². The van der Waals surface area contributed by atoms with E-state index in [1.165, 1.54) is 0 Å². The molecule has 0 bridgehead atoms. The first-order chi connectivity index (χ1) is 15.1. The van der Waals surface area contributed by atoms with Gasteiger partial charge in [-0.1, -0.05) is 30.3 Å². The Bertz CT molecular complexity index is 1020. The van der Waals surface area contributed by atoms with E-state index in [1.807, 2.05) is 59.6 Å². The van der Waals surface area contributed by atoms with Crippen molar-refractivity contribution in [3.05, 3.63) is 66.5 Å². The highest BCUT2D eigenvalue weighted by molar-refractivity contribution is 6.01. The highest BCUT2D eigenvalue weighted by Gasteiger charge is 2.26. The van der Waals surface area contributed by atoms with Crippen LogP contribution in [0.1, 0.15) is 10.4 Å². The second-order valence-electron chi connectivity index (χ2n) is 7.46. The van der Waals surface area contributed by atoms with Crippen molar-refractivity contribution in [2.45, 2.75) is 6.73 Å². The highest BCUT2D eigenvalue weighted by Crippen LogP contribution is 2.30.